The minimum atomic E-state index is -3.66. The van der Waals surface area contributed by atoms with Gasteiger partial charge in [0.2, 0.25) is 15.9 Å². The summed E-state index contributed by atoms with van der Waals surface area (Å²) in [5, 5.41) is 10.3. The summed E-state index contributed by atoms with van der Waals surface area (Å²) in [6, 6.07) is 10.8. The van der Waals surface area contributed by atoms with Crippen LogP contribution in [0.2, 0.25) is 0 Å². The fourth-order valence-electron chi connectivity index (χ4n) is 4.14. The number of phenolic OH excluding ortho intramolecular Hbond substituents is 1. The van der Waals surface area contributed by atoms with Crippen LogP contribution in [0.25, 0.3) is 11.0 Å². The van der Waals surface area contributed by atoms with E-state index in [1.807, 2.05) is 0 Å². The van der Waals surface area contributed by atoms with E-state index in [1.165, 1.54) is 35.7 Å². The molecule has 0 atom stereocenters. The second kappa shape index (κ2) is 9.47. The van der Waals surface area contributed by atoms with Gasteiger partial charge in [0.15, 0.2) is 0 Å². The average molecular weight is 487 g/mol. The van der Waals surface area contributed by atoms with Crippen molar-refractivity contribution in [3.8, 4) is 11.5 Å². The molecule has 0 unspecified atom stereocenters. The monoisotopic (exact) mass is 486 g/mol. The number of hydrogen-bond donors (Lipinski definition) is 1. The molecule has 1 aromatic heterocycles. The zero-order chi connectivity index (χ0) is 24.5. The summed E-state index contributed by atoms with van der Waals surface area (Å²) >= 11 is 0. The number of aryl methyl sites for hydroxylation is 1. The summed E-state index contributed by atoms with van der Waals surface area (Å²) < 4.78 is 37.6. The first-order valence-corrected chi connectivity index (χ1v) is 12.3. The molecule has 0 radical (unpaired) electrons. The van der Waals surface area contributed by atoms with Crippen molar-refractivity contribution < 1.29 is 27.5 Å². The number of hydrogen-bond acceptors (Lipinski definition) is 7. The van der Waals surface area contributed by atoms with E-state index in [0.29, 0.717) is 22.3 Å². The lowest BCUT2D eigenvalue weighted by Gasteiger charge is -2.34. The number of sulfonamides is 1. The van der Waals surface area contributed by atoms with Gasteiger partial charge in [0.1, 0.15) is 17.1 Å². The number of piperazine rings is 1. The normalized spacial score (nSPS) is 14.9. The van der Waals surface area contributed by atoms with Gasteiger partial charge in [-0.15, -0.1) is 0 Å². The molecule has 1 N–H and O–H groups in total. The number of ether oxygens (including phenoxy) is 1. The fraction of sp³-hybridized carbons (Fsp3) is 0.333. The number of carbonyl (C=O) groups is 1. The van der Waals surface area contributed by atoms with Crippen LogP contribution in [0, 0.1) is 6.92 Å². The molecule has 1 aliphatic rings. The smallest absolute Gasteiger partial charge is 0.339 e. The van der Waals surface area contributed by atoms with E-state index in [2.05, 4.69) is 0 Å². The third-order valence-electron chi connectivity index (χ3n) is 6.15. The molecule has 0 spiro atoms. The molecule has 0 bridgehead atoms. The Morgan fingerprint density at radius 3 is 2.41 bits per heavy atom. The molecule has 1 fully saturated rings. The second-order valence-electron chi connectivity index (χ2n) is 8.13. The molecular weight excluding hydrogens is 460 g/mol. The van der Waals surface area contributed by atoms with Gasteiger partial charge in [0.05, 0.1) is 12.0 Å². The lowest BCUT2D eigenvalue weighted by Crippen LogP contribution is -2.50. The van der Waals surface area contributed by atoms with Gasteiger partial charge in [-0.05, 0) is 55.3 Å². The van der Waals surface area contributed by atoms with Crippen molar-refractivity contribution in [2.75, 3.05) is 33.3 Å². The van der Waals surface area contributed by atoms with Crippen LogP contribution in [0.3, 0.4) is 0 Å². The Hall–Kier alpha value is -3.37. The van der Waals surface area contributed by atoms with Gasteiger partial charge in [-0.1, -0.05) is 0 Å². The van der Waals surface area contributed by atoms with E-state index in [0.717, 1.165) is 5.56 Å². The SMILES string of the molecule is COc1ccc(S(=O)(=O)N2CCN(C(=O)CCc3c(C)c4ccc(O)cc4oc3=O)CC2)cc1. The molecule has 2 aromatic carbocycles. The largest absolute Gasteiger partial charge is 0.508 e. The predicted octanol–water partition coefficient (Wildman–Crippen LogP) is 2.28. The Kier molecular flexibility index (Phi) is 6.63. The van der Waals surface area contributed by atoms with E-state index in [9.17, 15) is 23.1 Å². The molecule has 9 nitrogen and oxygen atoms in total. The van der Waals surface area contributed by atoms with Crippen molar-refractivity contribution in [3.05, 3.63) is 64.0 Å². The van der Waals surface area contributed by atoms with Crippen LogP contribution in [0.4, 0.5) is 0 Å². The second-order valence-corrected chi connectivity index (χ2v) is 10.1. The van der Waals surface area contributed by atoms with Crippen molar-refractivity contribution >= 4 is 26.9 Å². The number of carbonyl (C=O) groups excluding carboxylic acids is 1. The maximum Gasteiger partial charge on any atom is 0.339 e. The van der Waals surface area contributed by atoms with Gasteiger partial charge in [-0.25, -0.2) is 13.2 Å². The molecule has 0 saturated carbocycles. The molecular formula is C24H26N2O7S. The fourth-order valence-corrected chi connectivity index (χ4v) is 5.56. The number of amides is 1. The Labute approximate surface area is 197 Å². The first-order valence-electron chi connectivity index (χ1n) is 10.9. The highest BCUT2D eigenvalue weighted by atomic mass is 32.2. The molecule has 1 amide bonds. The molecule has 2 heterocycles. The molecule has 3 aromatic rings. The van der Waals surface area contributed by atoms with E-state index < -0.39 is 15.6 Å². The minimum Gasteiger partial charge on any atom is -0.508 e. The standard InChI is InChI=1S/C24H26N2O7S/c1-16-20-8-3-17(27)15-22(20)33-24(29)21(16)9-10-23(28)25-11-13-26(14-12-25)34(30,31)19-6-4-18(32-2)5-7-19/h3-8,15,27H,9-14H2,1-2H3. The number of rotatable bonds is 6. The van der Waals surface area contributed by atoms with Crippen LogP contribution in [0.1, 0.15) is 17.5 Å². The Morgan fingerprint density at radius 2 is 1.76 bits per heavy atom. The minimum absolute atomic E-state index is 0.00567. The molecule has 34 heavy (non-hydrogen) atoms. The van der Waals surface area contributed by atoms with Crippen molar-refractivity contribution in [2.45, 2.75) is 24.7 Å². The highest BCUT2D eigenvalue weighted by molar-refractivity contribution is 7.89. The first kappa shape index (κ1) is 23.8. The third kappa shape index (κ3) is 4.64. The quantitative estimate of drug-likeness (QED) is 0.531. The van der Waals surface area contributed by atoms with Crippen LogP contribution < -0.4 is 10.4 Å². The molecule has 0 aliphatic carbocycles. The highest BCUT2D eigenvalue weighted by Crippen LogP contribution is 2.24. The molecule has 180 valence electrons. The van der Waals surface area contributed by atoms with Crippen LogP contribution >= 0.6 is 0 Å². The number of fused-ring (bicyclic) bond motifs is 1. The van der Waals surface area contributed by atoms with Gasteiger partial charge in [0, 0.05) is 49.6 Å². The number of methoxy groups -OCH3 is 1. The summed E-state index contributed by atoms with van der Waals surface area (Å²) in [5.74, 6) is 0.431. The van der Waals surface area contributed by atoms with Crippen LogP contribution in [0.15, 0.2) is 56.6 Å². The predicted molar refractivity (Wildman–Crippen MR) is 126 cm³/mol. The van der Waals surface area contributed by atoms with Crippen LogP contribution in [-0.4, -0.2) is 61.9 Å². The Bertz CT molecular complexity index is 1370. The molecule has 10 heteroatoms. The van der Waals surface area contributed by atoms with E-state index >= 15 is 0 Å². The lowest BCUT2D eigenvalue weighted by molar-refractivity contribution is -0.132. The summed E-state index contributed by atoms with van der Waals surface area (Å²) in [6.07, 6.45) is 0.328. The van der Waals surface area contributed by atoms with E-state index in [1.54, 1.807) is 30.0 Å². The van der Waals surface area contributed by atoms with Crippen molar-refractivity contribution in [3.63, 3.8) is 0 Å². The maximum absolute atomic E-state index is 12.9. The first-order chi connectivity index (χ1) is 16.2. The number of benzene rings is 2. The maximum atomic E-state index is 12.9. The molecule has 1 saturated heterocycles. The zero-order valence-corrected chi connectivity index (χ0v) is 19.8. The van der Waals surface area contributed by atoms with Crippen molar-refractivity contribution in [1.82, 2.24) is 9.21 Å². The lowest BCUT2D eigenvalue weighted by atomic mass is 10.0. The van der Waals surface area contributed by atoms with Crippen molar-refractivity contribution in [1.29, 1.82) is 0 Å². The summed E-state index contributed by atoms with van der Waals surface area (Å²) in [5.41, 5.74) is 0.910. The highest BCUT2D eigenvalue weighted by Gasteiger charge is 2.30. The Balaban J connectivity index is 1.39. The summed E-state index contributed by atoms with van der Waals surface area (Å²) in [7, 11) is -2.14. The summed E-state index contributed by atoms with van der Waals surface area (Å²) in [4.78, 5) is 27.0. The Morgan fingerprint density at radius 1 is 1.09 bits per heavy atom. The van der Waals surface area contributed by atoms with Gasteiger partial charge in [-0.3, -0.25) is 4.79 Å². The number of phenols is 1. The van der Waals surface area contributed by atoms with Crippen molar-refractivity contribution in [2.24, 2.45) is 0 Å². The third-order valence-corrected chi connectivity index (χ3v) is 8.06. The zero-order valence-electron chi connectivity index (χ0n) is 19.0. The van der Waals surface area contributed by atoms with Crippen LogP contribution in [-0.2, 0) is 21.2 Å². The van der Waals surface area contributed by atoms with Gasteiger partial charge in [0.25, 0.3) is 0 Å². The van der Waals surface area contributed by atoms with Crippen LogP contribution in [0.5, 0.6) is 11.5 Å². The topological polar surface area (TPSA) is 117 Å². The van der Waals surface area contributed by atoms with Gasteiger partial charge in [-0.2, -0.15) is 4.31 Å². The van der Waals surface area contributed by atoms with Gasteiger partial charge >= 0.3 is 5.63 Å². The summed E-state index contributed by atoms with van der Waals surface area (Å²) in [6.45, 7) is 2.73. The molecule has 4 rings (SSSR count). The van der Waals surface area contributed by atoms with E-state index in [-0.39, 0.29) is 55.6 Å². The number of aromatic hydroxyl groups is 1. The number of nitrogens with zero attached hydrogens (tertiary/aromatic N) is 2. The molecule has 1 aliphatic heterocycles. The average Bonchev–Trinajstić information content (AvgIpc) is 2.83. The van der Waals surface area contributed by atoms with E-state index in [4.69, 9.17) is 9.15 Å². The van der Waals surface area contributed by atoms with Gasteiger partial charge < -0.3 is 19.2 Å².